The average molecular weight is 277 g/mol. The first-order valence-electron chi connectivity index (χ1n) is 5.73. The fourth-order valence-corrected chi connectivity index (χ4v) is 2.26. The Hall–Kier alpha value is -1.85. The molecule has 1 atom stereocenters. The Morgan fingerprint density at radius 3 is 2.11 bits per heavy atom. The van der Waals surface area contributed by atoms with Gasteiger partial charge in [-0.15, -0.1) is 0 Å². The van der Waals surface area contributed by atoms with Crippen molar-refractivity contribution in [3.05, 3.63) is 47.5 Å². The van der Waals surface area contributed by atoms with Gasteiger partial charge in [0, 0.05) is 5.69 Å². The molecule has 0 aliphatic carbocycles. The third-order valence-corrected chi connectivity index (χ3v) is 3.40. The van der Waals surface area contributed by atoms with Gasteiger partial charge in [-0.25, -0.2) is 4.21 Å². The Bertz CT molecular complexity index is 600. The van der Waals surface area contributed by atoms with E-state index in [0.29, 0.717) is 16.3 Å². The minimum absolute atomic E-state index is 0.345. The van der Waals surface area contributed by atoms with Gasteiger partial charge in [-0.05, 0) is 61.4 Å². The van der Waals surface area contributed by atoms with Gasteiger partial charge in [0.25, 0.3) is 0 Å². The van der Waals surface area contributed by atoms with Gasteiger partial charge in [0.2, 0.25) is 0 Å². The van der Waals surface area contributed by atoms with E-state index < -0.39 is 11.1 Å². The largest absolute Gasteiger partial charge is 0.457 e. The highest BCUT2D eigenvalue weighted by Gasteiger charge is 2.07. The highest BCUT2D eigenvalue weighted by atomic mass is 32.2. The summed E-state index contributed by atoms with van der Waals surface area (Å²) in [4.78, 5) is 0.345. The monoisotopic (exact) mass is 277 g/mol. The first kappa shape index (κ1) is 13.6. The van der Waals surface area contributed by atoms with Crippen LogP contribution in [0.5, 0.6) is 11.5 Å². The molecule has 5 heteroatoms. The summed E-state index contributed by atoms with van der Waals surface area (Å²) in [7, 11) is 0. The third-order valence-electron chi connectivity index (χ3n) is 2.73. The Morgan fingerprint density at radius 2 is 1.63 bits per heavy atom. The zero-order valence-corrected chi connectivity index (χ0v) is 11.5. The number of rotatable bonds is 3. The lowest BCUT2D eigenvalue weighted by molar-refractivity contribution is 0.474. The van der Waals surface area contributed by atoms with Crippen molar-refractivity contribution in [3.8, 4) is 11.5 Å². The van der Waals surface area contributed by atoms with E-state index in [1.54, 1.807) is 24.3 Å². The number of anilines is 1. The quantitative estimate of drug-likeness (QED) is 0.667. The number of hydrogen-bond acceptors (Lipinski definition) is 3. The Morgan fingerprint density at radius 1 is 1.11 bits per heavy atom. The van der Waals surface area contributed by atoms with E-state index in [2.05, 4.69) is 0 Å². The van der Waals surface area contributed by atoms with E-state index in [-0.39, 0.29) is 0 Å². The molecule has 2 aromatic rings. The molecule has 0 fully saturated rings. The number of aryl methyl sites for hydroxylation is 2. The van der Waals surface area contributed by atoms with Crippen LogP contribution in [0.25, 0.3) is 0 Å². The van der Waals surface area contributed by atoms with E-state index in [0.717, 1.165) is 16.9 Å². The summed E-state index contributed by atoms with van der Waals surface area (Å²) in [5, 5.41) is 0. The van der Waals surface area contributed by atoms with Gasteiger partial charge < -0.3 is 15.0 Å². The highest BCUT2D eigenvalue weighted by Crippen LogP contribution is 2.30. The van der Waals surface area contributed by atoms with Crippen LogP contribution in [0.3, 0.4) is 0 Å². The number of nitrogen functional groups attached to an aromatic ring is 1. The van der Waals surface area contributed by atoms with Crippen molar-refractivity contribution in [2.75, 3.05) is 5.73 Å². The maximum atomic E-state index is 10.9. The maximum absolute atomic E-state index is 10.9. The second-order valence-electron chi connectivity index (χ2n) is 4.31. The average Bonchev–Trinajstić information content (AvgIpc) is 2.34. The second kappa shape index (κ2) is 5.42. The molecule has 4 nitrogen and oxygen atoms in total. The van der Waals surface area contributed by atoms with E-state index in [1.807, 2.05) is 26.0 Å². The summed E-state index contributed by atoms with van der Waals surface area (Å²) in [6.07, 6.45) is 0. The van der Waals surface area contributed by atoms with Crippen LogP contribution in [-0.4, -0.2) is 8.76 Å². The van der Waals surface area contributed by atoms with Crippen molar-refractivity contribution in [2.24, 2.45) is 0 Å². The predicted octanol–water partition coefficient (Wildman–Crippen LogP) is 3.26. The smallest absolute Gasteiger partial charge is 0.186 e. The first-order valence-corrected chi connectivity index (χ1v) is 6.83. The summed E-state index contributed by atoms with van der Waals surface area (Å²) < 4.78 is 25.6. The van der Waals surface area contributed by atoms with Crippen LogP contribution in [0.1, 0.15) is 11.1 Å². The van der Waals surface area contributed by atoms with Crippen molar-refractivity contribution in [2.45, 2.75) is 18.7 Å². The van der Waals surface area contributed by atoms with E-state index in [1.165, 1.54) is 0 Å². The molecule has 2 rings (SSSR count). The van der Waals surface area contributed by atoms with Gasteiger partial charge in [0.1, 0.15) is 11.5 Å². The number of nitrogens with two attached hydrogens (primary N) is 1. The minimum Gasteiger partial charge on any atom is -0.457 e. The molecule has 0 aliphatic rings. The molecule has 0 aromatic heterocycles. The second-order valence-corrected chi connectivity index (χ2v) is 5.28. The van der Waals surface area contributed by atoms with Crippen LogP contribution < -0.4 is 10.5 Å². The first-order chi connectivity index (χ1) is 8.97. The number of ether oxygens (including phenoxy) is 1. The summed E-state index contributed by atoms with van der Waals surface area (Å²) in [5.74, 6) is 1.37. The molecule has 0 amide bonds. The lowest BCUT2D eigenvalue weighted by Crippen LogP contribution is -1.95. The van der Waals surface area contributed by atoms with Crippen LogP contribution in [0.4, 0.5) is 5.69 Å². The van der Waals surface area contributed by atoms with Crippen LogP contribution in [-0.2, 0) is 11.1 Å². The zero-order valence-electron chi connectivity index (χ0n) is 10.7. The molecular formula is C14H15NO3S. The van der Waals surface area contributed by atoms with Crippen LogP contribution in [0.15, 0.2) is 41.3 Å². The molecule has 0 spiro atoms. The molecule has 1 unspecified atom stereocenters. The maximum Gasteiger partial charge on any atom is 0.186 e. The Labute approximate surface area is 114 Å². The lowest BCUT2D eigenvalue weighted by Gasteiger charge is -2.12. The summed E-state index contributed by atoms with van der Waals surface area (Å²) in [6, 6.07) is 10.1. The Balaban J connectivity index is 2.29. The topological polar surface area (TPSA) is 72.5 Å². The van der Waals surface area contributed by atoms with Gasteiger partial charge >= 0.3 is 0 Å². The fourth-order valence-electron chi connectivity index (χ4n) is 1.89. The van der Waals surface area contributed by atoms with Crippen LogP contribution >= 0.6 is 0 Å². The lowest BCUT2D eigenvalue weighted by atomic mass is 10.1. The molecule has 0 saturated carbocycles. The van der Waals surface area contributed by atoms with Crippen molar-refractivity contribution in [1.82, 2.24) is 0 Å². The van der Waals surface area contributed by atoms with E-state index in [9.17, 15) is 4.21 Å². The molecule has 0 saturated heterocycles. The van der Waals surface area contributed by atoms with Crippen LogP contribution in [0.2, 0.25) is 0 Å². The Kier molecular flexibility index (Phi) is 3.87. The van der Waals surface area contributed by atoms with Crippen molar-refractivity contribution in [1.29, 1.82) is 0 Å². The van der Waals surface area contributed by atoms with Crippen molar-refractivity contribution >= 4 is 16.8 Å². The number of hydrogen-bond donors (Lipinski definition) is 2. The zero-order chi connectivity index (χ0) is 14.0. The summed E-state index contributed by atoms with van der Waals surface area (Å²) in [6.45, 7) is 3.85. The summed E-state index contributed by atoms with van der Waals surface area (Å²) in [5.41, 5.74) is 8.36. The molecular weight excluding hydrogens is 262 g/mol. The van der Waals surface area contributed by atoms with Gasteiger partial charge in [0.15, 0.2) is 11.1 Å². The normalized spacial score (nSPS) is 12.2. The van der Waals surface area contributed by atoms with Crippen molar-refractivity contribution < 1.29 is 13.5 Å². The van der Waals surface area contributed by atoms with E-state index >= 15 is 0 Å². The number of benzene rings is 2. The molecule has 0 radical (unpaired) electrons. The fraction of sp³-hybridized carbons (Fsp3) is 0.143. The molecule has 0 heterocycles. The molecule has 0 bridgehead atoms. The van der Waals surface area contributed by atoms with Crippen molar-refractivity contribution in [3.63, 3.8) is 0 Å². The summed E-state index contributed by atoms with van der Waals surface area (Å²) >= 11 is -1.97. The standard InChI is InChI=1S/C14H15NO3S/c1-9-7-11(15)8-10(2)14(9)18-12-3-5-13(6-4-12)19(16)17/h3-8H,15H2,1-2H3,(H,16,17). The third kappa shape index (κ3) is 3.13. The van der Waals surface area contributed by atoms with Gasteiger partial charge in [0.05, 0.1) is 4.90 Å². The molecule has 19 heavy (non-hydrogen) atoms. The molecule has 2 aromatic carbocycles. The van der Waals surface area contributed by atoms with Gasteiger partial charge in [-0.2, -0.15) is 0 Å². The molecule has 0 aliphatic heterocycles. The minimum atomic E-state index is -1.97. The van der Waals surface area contributed by atoms with E-state index in [4.69, 9.17) is 15.0 Å². The SMILES string of the molecule is Cc1cc(N)cc(C)c1Oc1ccc(S(=O)O)cc1. The van der Waals surface area contributed by atoms with Gasteiger partial charge in [-0.3, -0.25) is 0 Å². The van der Waals surface area contributed by atoms with Gasteiger partial charge in [-0.1, -0.05) is 0 Å². The highest BCUT2D eigenvalue weighted by molar-refractivity contribution is 7.79. The van der Waals surface area contributed by atoms with Crippen LogP contribution in [0, 0.1) is 13.8 Å². The molecule has 3 N–H and O–H groups in total. The predicted molar refractivity (Wildman–Crippen MR) is 75.9 cm³/mol. The molecule has 100 valence electrons.